The van der Waals surface area contributed by atoms with Crippen LogP contribution in [-0.4, -0.2) is 39.1 Å². The van der Waals surface area contributed by atoms with Gasteiger partial charge in [0.05, 0.1) is 12.3 Å². The molecule has 1 aromatic carbocycles. The summed E-state index contributed by atoms with van der Waals surface area (Å²) in [5, 5.41) is 13.5. The summed E-state index contributed by atoms with van der Waals surface area (Å²) in [7, 11) is 0. The lowest BCUT2D eigenvalue weighted by Gasteiger charge is -2.28. The van der Waals surface area contributed by atoms with Gasteiger partial charge in [-0.25, -0.2) is 9.48 Å². The van der Waals surface area contributed by atoms with Crippen molar-refractivity contribution in [2.24, 2.45) is 11.8 Å². The highest BCUT2D eigenvalue weighted by molar-refractivity contribution is 5.79. The molecule has 0 spiro atoms. The van der Waals surface area contributed by atoms with Crippen LogP contribution in [0.2, 0.25) is 0 Å². The van der Waals surface area contributed by atoms with E-state index < -0.39 is 5.97 Å². The zero-order valence-corrected chi connectivity index (χ0v) is 17.9. The molecule has 1 aliphatic carbocycles. The first kappa shape index (κ1) is 21.9. The number of nitrogens with zero attached hydrogens (tertiary/aromatic N) is 3. The lowest BCUT2D eigenvalue weighted by atomic mass is 9.82. The number of carboxylic acid groups (broad SMARTS) is 1. The van der Waals surface area contributed by atoms with Gasteiger partial charge < -0.3 is 9.84 Å². The van der Waals surface area contributed by atoms with E-state index in [0.717, 1.165) is 48.1 Å². The number of ether oxygens (including phenoxy) is 1. The van der Waals surface area contributed by atoms with E-state index in [1.165, 1.54) is 0 Å². The average molecular weight is 434 g/mol. The minimum absolute atomic E-state index is 0.103. The van der Waals surface area contributed by atoms with Crippen LogP contribution in [0.1, 0.15) is 25.7 Å². The van der Waals surface area contributed by atoms with Gasteiger partial charge in [0, 0.05) is 36.1 Å². The van der Waals surface area contributed by atoms with Crippen LogP contribution in [0.15, 0.2) is 65.7 Å². The second kappa shape index (κ2) is 10.3. The van der Waals surface area contributed by atoms with E-state index in [4.69, 9.17) is 14.9 Å². The highest BCUT2D eigenvalue weighted by atomic mass is 16.5. The van der Waals surface area contributed by atoms with Crippen molar-refractivity contribution in [2.45, 2.75) is 32.2 Å². The maximum absolute atomic E-state index is 13.0. The Balaban J connectivity index is 1.52. The Labute approximate surface area is 186 Å². The van der Waals surface area contributed by atoms with Crippen molar-refractivity contribution in [3.05, 3.63) is 71.3 Å². The highest BCUT2D eigenvalue weighted by Gasteiger charge is 2.23. The summed E-state index contributed by atoms with van der Waals surface area (Å²) >= 11 is 0. The van der Waals surface area contributed by atoms with E-state index in [2.05, 4.69) is 4.98 Å². The molecule has 1 fully saturated rings. The van der Waals surface area contributed by atoms with Gasteiger partial charge >= 0.3 is 5.97 Å². The quantitative estimate of drug-likeness (QED) is 0.579. The van der Waals surface area contributed by atoms with Crippen molar-refractivity contribution in [2.75, 3.05) is 13.2 Å². The Morgan fingerprint density at radius 1 is 1.00 bits per heavy atom. The minimum Gasteiger partial charge on any atom is -0.480 e. The van der Waals surface area contributed by atoms with Crippen molar-refractivity contribution in [1.82, 2.24) is 14.8 Å². The van der Waals surface area contributed by atoms with Crippen molar-refractivity contribution in [1.29, 1.82) is 0 Å². The van der Waals surface area contributed by atoms with Gasteiger partial charge in [-0.1, -0.05) is 30.3 Å². The van der Waals surface area contributed by atoms with E-state index in [1.54, 1.807) is 23.1 Å². The fourth-order valence-electron chi connectivity index (χ4n) is 4.32. The molecule has 1 aliphatic rings. The number of rotatable bonds is 8. The number of pyridine rings is 1. The van der Waals surface area contributed by atoms with Crippen LogP contribution in [0.4, 0.5) is 0 Å². The van der Waals surface area contributed by atoms with Gasteiger partial charge in [-0.2, -0.15) is 5.10 Å². The van der Waals surface area contributed by atoms with Gasteiger partial charge in [0.15, 0.2) is 0 Å². The monoisotopic (exact) mass is 433 g/mol. The van der Waals surface area contributed by atoms with Crippen LogP contribution in [-0.2, 0) is 16.1 Å². The summed E-state index contributed by atoms with van der Waals surface area (Å²) < 4.78 is 6.85. The van der Waals surface area contributed by atoms with E-state index >= 15 is 0 Å². The van der Waals surface area contributed by atoms with Crippen LogP contribution >= 0.6 is 0 Å². The lowest BCUT2D eigenvalue weighted by molar-refractivity contribution is -0.142. The first-order valence-corrected chi connectivity index (χ1v) is 11.0. The van der Waals surface area contributed by atoms with Gasteiger partial charge in [-0.05, 0) is 55.2 Å². The summed E-state index contributed by atoms with van der Waals surface area (Å²) in [4.78, 5) is 27.7. The zero-order valence-electron chi connectivity index (χ0n) is 17.9. The summed E-state index contributed by atoms with van der Waals surface area (Å²) in [6, 6.07) is 15.3. The first-order valence-electron chi connectivity index (χ1n) is 11.0. The number of carbonyl (C=O) groups is 1. The molecule has 2 aromatic heterocycles. The summed E-state index contributed by atoms with van der Waals surface area (Å²) in [6.07, 6.45) is 7.35. The van der Waals surface area contributed by atoms with Crippen molar-refractivity contribution in [3.8, 4) is 22.4 Å². The molecule has 4 rings (SSSR count). The summed E-state index contributed by atoms with van der Waals surface area (Å²) in [5.41, 5.74) is 3.37. The molecular formula is C25H27N3O4. The van der Waals surface area contributed by atoms with E-state index in [0.29, 0.717) is 25.0 Å². The average Bonchev–Trinajstić information content (AvgIpc) is 2.82. The third-order valence-electron chi connectivity index (χ3n) is 6.01. The van der Waals surface area contributed by atoms with Gasteiger partial charge in [-0.15, -0.1) is 0 Å². The number of aliphatic carboxylic acids is 1. The Kier molecular flexibility index (Phi) is 7.07. The smallest absolute Gasteiger partial charge is 0.329 e. The maximum Gasteiger partial charge on any atom is 0.329 e. The Hall–Kier alpha value is -3.32. The fraction of sp³-hybridized carbons (Fsp3) is 0.360. The molecule has 7 nitrogen and oxygen atoms in total. The molecular weight excluding hydrogens is 406 g/mol. The standard InChI is InChI=1S/C25H27N3O4/c29-23-14-22(20-4-2-1-3-5-20)25(21-10-12-26-13-11-21)27-28(23)15-18-6-8-19(9-7-18)16-32-17-24(30)31/h1-5,10-14,18-19H,6-9,15-17H2,(H,30,31)/t18-,19-. The van der Waals surface area contributed by atoms with Gasteiger partial charge in [-0.3, -0.25) is 9.78 Å². The molecule has 0 bridgehead atoms. The lowest BCUT2D eigenvalue weighted by Crippen LogP contribution is -2.29. The molecule has 0 aliphatic heterocycles. The molecule has 0 radical (unpaired) electrons. The van der Waals surface area contributed by atoms with Crippen molar-refractivity contribution >= 4 is 5.97 Å². The normalized spacial score (nSPS) is 18.4. The van der Waals surface area contributed by atoms with Crippen LogP contribution in [0.25, 0.3) is 22.4 Å². The van der Waals surface area contributed by atoms with Crippen LogP contribution in [0.3, 0.4) is 0 Å². The summed E-state index contributed by atoms with van der Waals surface area (Å²) in [6.45, 7) is 0.814. The maximum atomic E-state index is 13.0. The predicted molar refractivity (Wildman–Crippen MR) is 121 cm³/mol. The fourth-order valence-corrected chi connectivity index (χ4v) is 4.32. The van der Waals surface area contributed by atoms with Gasteiger partial charge in [0.1, 0.15) is 6.61 Å². The molecule has 2 heterocycles. The third kappa shape index (κ3) is 5.48. The Bertz CT molecular complexity index is 1090. The molecule has 7 heteroatoms. The van der Waals surface area contributed by atoms with Crippen molar-refractivity contribution in [3.63, 3.8) is 0 Å². The second-order valence-corrected chi connectivity index (χ2v) is 8.32. The highest BCUT2D eigenvalue weighted by Crippen LogP contribution is 2.31. The van der Waals surface area contributed by atoms with E-state index in [-0.39, 0.29) is 12.2 Å². The molecule has 32 heavy (non-hydrogen) atoms. The van der Waals surface area contributed by atoms with Crippen LogP contribution in [0.5, 0.6) is 0 Å². The minimum atomic E-state index is -0.937. The van der Waals surface area contributed by atoms with Crippen LogP contribution < -0.4 is 5.56 Å². The zero-order chi connectivity index (χ0) is 22.3. The number of benzene rings is 1. The molecule has 0 unspecified atom stereocenters. The van der Waals surface area contributed by atoms with Gasteiger partial charge in [0.2, 0.25) is 0 Å². The molecule has 0 atom stereocenters. The van der Waals surface area contributed by atoms with Crippen molar-refractivity contribution < 1.29 is 14.6 Å². The van der Waals surface area contributed by atoms with Gasteiger partial charge in [0.25, 0.3) is 5.56 Å². The number of carboxylic acids is 1. The molecule has 1 saturated carbocycles. The largest absolute Gasteiger partial charge is 0.480 e. The molecule has 3 aromatic rings. The van der Waals surface area contributed by atoms with E-state index in [1.807, 2.05) is 42.5 Å². The summed E-state index contributed by atoms with van der Waals surface area (Å²) in [5.74, 6) is -0.194. The van der Waals surface area contributed by atoms with E-state index in [9.17, 15) is 9.59 Å². The Morgan fingerprint density at radius 2 is 1.69 bits per heavy atom. The number of hydrogen-bond acceptors (Lipinski definition) is 5. The SMILES string of the molecule is O=C(O)COC[C@H]1CC[C@H](Cn2nc(-c3ccncc3)c(-c3ccccc3)cc2=O)CC1. The second-order valence-electron chi connectivity index (χ2n) is 8.32. The molecule has 1 N–H and O–H groups in total. The van der Waals surface area contributed by atoms with Crippen LogP contribution in [0, 0.1) is 11.8 Å². The molecule has 0 saturated heterocycles. The third-order valence-corrected chi connectivity index (χ3v) is 6.01. The topological polar surface area (TPSA) is 94.3 Å². The number of hydrogen-bond donors (Lipinski definition) is 1. The Morgan fingerprint density at radius 3 is 2.38 bits per heavy atom. The first-order chi connectivity index (χ1) is 15.6. The molecule has 0 amide bonds. The number of aromatic nitrogens is 3. The molecule has 166 valence electrons. The predicted octanol–water partition coefficient (Wildman–Crippen LogP) is 3.88.